The van der Waals surface area contributed by atoms with E-state index in [-0.39, 0.29) is 0 Å². The zero-order valence-electron chi connectivity index (χ0n) is 11.9. The molecule has 0 aliphatic heterocycles. The fourth-order valence-corrected chi connectivity index (χ4v) is 2.08. The van der Waals surface area contributed by atoms with Gasteiger partial charge in [0, 0.05) is 17.8 Å². The molecule has 102 valence electrons. The van der Waals surface area contributed by atoms with Crippen LogP contribution in [-0.2, 0) is 0 Å². The second-order valence-corrected chi connectivity index (χ2v) is 4.89. The fourth-order valence-electron chi connectivity index (χ4n) is 2.08. The summed E-state index contributed by atoms with van der Waals surface area (Å²) in [6.07, 6.45) is 2.42. The Kier molecular flexibility index (Phi) is 4.55. The van der Waals surface area contributed by atoms with Crippen molar-refractivity contribution < 1.29 is 0 Å². The lowest BCUT2D eigenvalue weighted by molar-refractivity contribution is 0.519. The molecule has 2 aromatic rings. The lowest BCUT2D eigenvalue weighted by Gasteiger charge is -2.14. The number of hydrogen-bond acceptors (Lipinski definition) is 3. The molecule has 1 heterocycles. The first kappa shape index (κ1) is 13.6. The van der Waals surface area contributed by atoms with Crippen LogP contribution < -0.4 is 5.32 Å². The van der Waals surface area contributed by atoms with Crippen LogP contribution in [0.15, 0.2) is 24.3 Å². The van der Waals surface area contributed by atoms with Gasteiger partial charge in [0.15, 0.2) is 5.82 Å². The van der Waals surface area contributed by atoms with E-state index in [9.17, 15) is 0 Å². The van der Waals surface area contributed by atoms with Gasteiger partial charge in [0.2, 0.25) is 0 Å². The fraction of sp³-hybridized carbons (Fsp3) is 0.467. The van der Waals surface area contributed by atoms with Crippen molar-refractivity contribution in [1.82, 2.24) is 15.2 Å². The lowest BCUT2D eigenvalue weighted by atomic mass is 10.0. The molecular formula is C15H22N4. The third kappa shape index (κ3) is 3.56. The summed E-state index contributed by atoms with van der Waals surface area (Å²) in [6, 6.07) is 8.26. The summed E-state index contributed by atoms with van der Waals surface area (Å²) in [5, 5.41) is 10.6. The highest BCUT2D eigenvalue weighted by Gasteiger charge is 2.06. The van der Waals surface area contributed by atoms with Crippen molar-refractivity contribution in [1.29, 1.82) is 0 Å². The van der Waals surface area contributed by atoms with E-state index < -0.39 is 0 Å². The van der Waals surface area contributed by atoms with Crippen molar-refractivity contribution in [2.45, 2.75) is 33.6 Å². The largest absolute Gasteiger partial charge is 0.385 e. The number of aromatic amines is 1. The molecule has 0 unspecified atom stereocenters. The predicted octanol–water partition coefficient (Wildman–Crippen LogP) is 3.63. The number of hydrogen-bond donors (Lipinski definition) is 2. The zero-order valence-corrected chi connectivity index (χ0v) is 11.9. The van der Waals surface area contributed by atoms with Gasteiger partial charge in [0.25, 0.3) is 0 Å². The Labute approximate surface area is 114 Å². The molecule has 2 rings (SSSR count). The SMILES string of the molecule is CCC(CC)CNc1cccc(-c2n[nH]c(C)n2)c1. The second-order valence-electron chi connectivity index (χ2n) is 4.89. The Morgan fingerprint density at radius 3 is 2.68 bits per heavy atom. The Hall–Kier alpha value is -1.84. The number of anilines is 1. The van der Waals surface area contributed by atoms with Gasteiger partial charge in [0.05, 0.1) is 0 Å². The maximum atomic E-state index is 4.36. The summed E-state index contributed by atoms with van der Waals surface area (Å²) in [7, 11) is 0. The molecule has 4 nitrogen and oxygen atoms in total. The van der Waals surface area contributed by atoms with E-state index in [2.05, 4.69) is 46.5 Å². The topological polar surface area (TPSA) is 53.6 Å². The quantitative estimate of drug-likeness (QED) is 0.832. The number of H-pyrrole nitrogens is 1. The molecule has 1 aromatic carbocycles. The first-order valence-corrected chi connectivity index (χ1v) is 6.96. The van der Waals surface area contributed by atoms with Crippen molar-refractivity contribution in [3.63, 3.8) is 0 Å². The number of aromatic nitrogens is 3. The maximum absolute atomic E-state index is 4.36. The van der Waals surface area contributed by atoms with E-state index in [0.717, 1.165) is 35.4 Å². The molecule has 0 amide bonds. The molecule has 0 atom stereocenters. The van der Waals surface area contributed by atoms with E-state index in [1.807, 2.05) is 19.1 Å². The monoisotopic (exact) mass is 258 g/mol. The summed E-state index contributed by atoms with van der Waals surface area (Å²) >= 11 is 0. The minimum atomic E-state index is 0.731. The van der Waals surface area contributed by atoms with Crippen LogP contribution in [-0.4, -0.2) is 21.7 Å². The average Bonchev–Trinajstić information content (AvgIpc) is 2.87. The molecule has 0 bridgehead atoms. The van der Waals surface area contributed by atoms with Crippen LogP contribution in [0.1, 0.15) is 32.5 Å². The van der Waals surface area contributed by atoms with Crippen molar-refractivity contribution in [3.8, 4) is 11.4 Å². The molecule has 0 fully saturated rings. The molecule has 19 heavy (non-hydrogen) atoms. The van der Waals surface area contributed by atoms with Crippen LogP contribution in [0.4, 0.5) is 5.69 Å². The van der Waals surface area contributed by atoms with Crippen LogP contribution in [0.2, 0.25) is 0 Å². The van der Waals surface area contributed by atoms with Gasteiger partial charge >= 0.3 is 0 Å². The summed E-state index contributed by atoms with van der Waals surface area (Å²) in [4.78, 5) is 4.36. The van der Waals surface area contributed by atoms with Crippen LogP contribution in [0.5, 0.6) is 0 Å². The summed E-state index contributed by atoms with van der Waals surface area (Å²) < 4.78 is 0. The zero-order chi connectivity index (χ0) is 13.7. The van der Waals surface area contributed by atoms with Crippen molar-refractivity contribution >= 4 is 5.69 Å². The van der Waals surface area contributed by atoms with Crippen LogP contribution in [0, 0.1) is 12.8 Å². The summed E-state index contributed by atoms with van der Waals surface area (Å²) in [6.45, 7) is 7.40. The molecule has 0 saturated heterocycles. The highest BCUT2D eigenvalue weighted by molar-refractivity contribution is 5.62. The first-order chi connectivity index (χ1) is 9.22. The third-order valence-electron chi connectivity index (χ3n) is 3.47. The molecule has 0 radical (unpaired) electrons. The standard InChI is InChI=1S/C15H22N4/c1-4-12(5-2)10-16-14-8-6-7-13(9-14)15-17-11(3)18-19-15/h6-9,12,16H,4-5,10H2,1-3H3,(H,17,18,19). The number of nitrogens with zero attached hydrogens (tertiary/aromatic N) is 2. The van der Waals surface area contributed by atoms with E-state index >= 15 is 0 Å². The number of aryl methyl sites for hydroxylation is 1. The van der Waals surface area contributed by atoms with E-state index in [1.165, 1.54) is 12.8 Å². The molecule has 1 aromatic heterocycles. The lowest BCUT2D eigenvalue weighted by Crippen LogP contribution is -2.12. The van der Waals surface area contributed by atoms with Crippen LogP contribution >= 0.6 is 0 Å². The normalized spacial score (nSPS) is 10.9. The Morgan fingerprint density at radius 2 is 2.05 bits per heavy atom. The van der Waals surface area contributed by atoms with Crippen molar-refractivity contribution in [2.75, 3.05) is 11.9 Å². The van der Waals surface area contributed by atoms with Gasteiger partial charge in [-0.3, -0.25) is 5.10 Å². The molecule has 4 heteroatoms. The summed E-state index contributed by atoms with van der Waals surface area (Å²) in [5.41, 5.74) is 2.17. The highest BCUT2D eigenvalue weighted by Crippen LogP contribution is 2.20. The first-order valence-electron chi connectivity index (χ1n) is 6.96. The number of benzene rings is 1. The Balaban J connectivity index is 2.07. The van der Waals surface area contributed by atoms with E-state index in [4.69, 9.17) is 0 Å². The molecule has 0 aliphatic carbocycles. The average molecular weight is 258 g/mol. The van der Waals surface area contributed by atoms with Gasteiger partial charge in [-0.1, -0.05) is 38.8 Å². The Morgan fingerprint density at radius 1 is 1.26 bits per heavy atom. The summed E-state index contributed by atoms with van der Waals surface area (Å²) in [5.74, 6) is 2.32. The van der Waals surface area contributed by atoms with Crippen molar-refractivity contribution in [2.24, 2.45) is 5.92 Å². The van der Waals surface area contributed by atoms with Crippen LogP contribution in [0.3, 0.4) is 0 Å². The molecule has 2 N–H and O–H groups in total. The maximum Gasteiger partial charge on any atom is 0.181 e. The van der Waals surface area contributed by atoms with Gasteiger partial charge in [-0.2, -0.15) is 5.10 Å². The van der Waals surface area contributed by atoms with Crippen molar-refractivity contribution in [3.05, 3.63) is 30.1 Å². The molecule has 0 spiro atoms. The third-order valence-corrected chi connectivity index (χ3v) is 3.47. The molecular weight excluding hydrogens is 236 g/mol. The number of rotatable bonds is 6. The minimum Gasteiger partial charge on any atom is -0.385 e. The van der Waals surface area contributed by atoms with Gasteiger partial charge in [-0.15, -0.1) is 0 Å². The van der Waals surface area contributed by atoms with Crippen LogP contribution in [0.25, 0.3) is 11.4 Å². The van der Waals surface area contributed by atoms with Gasteiger partial charge in [-0.05, 0) is 25.0 Å². The molecule has 0 saturated carbocycles. The smallest absolute Gasteiger partial charge is 0.181 e. The predicted molar refractivity (Wildman–Crippen MR) is 79.1 cm³/mol. The van der Waals surface area contributed by atoms with Gasteiger partial charge < -0.3 is 5.32 Å². The Bertz CT molecular complexity index is 514. The van der Waals surface area contributed by atoms with Gasteiger partial charge in [0.1, 0.15) is 5.82 Å². The van der Waals surface area contributed by atoms with E-state index in [0.29, 0.717) is 0 Å². The van der Waals surface area contributed by atoms with Gasteiger partial charge in [-0.25, -0.2) is 4.98 Å². The molecule has 0 aliphatic rings. The number of nitrogens with one attached hydrogen (secondary N) is 2. The van der Waals surface area contributed by atoms with E-state index in [1.54, 1.807) is 0 Å². The minimum absolute atomic E-state index is 0.731. The highest BCUT2D eigenvalue weighted by atomic mass is 15.2. The second kappa shape index (κ2) is 6.36.